The van der Waals surface area contributed by atoms with Crippen molar-refractivity contribution >= 4 is 16.0 Å². The van der Waals surface area contributed by atoms with E-state index in [1.165, 1.54) is 6.08 Å². The Labute approximate surface area is 144 Å². The number of nitrogens with one attached hydrogen (secondary N) is 1. The molecule has 1 atom stereocenters. The summed E-state index contributed by atoms with van der Waals surface area (Å²) in [6, 6.07) is 0. The molecule has 0 saturated carbocycles. The predicted octanol–water partition coefficient (Wildman–Crippen LogP) is 2.65. The Bertz CT molecular complexity index is 671. The zero-order chi connectivity index (χ0) is 20.0. The van der Waals surface area contributed by atoms with Crippen LogP contribution in [0.2, 0.25) is 0 Å². The molecule has 1 saturated heterocycles. The van der Waals surface area contributed by atoms with E-state index in [0.29, 0.717) is 18.7 Å². The highest BCUT2D eigenvalue weighted by molar-refractivity contribution is 7.86. The van der Waals surface area contributed by atoms with Crippen LogP contribution < -0.4 is 0 Å². The van der Waals surface area contributed by atoms with Gasteiger partial charge in [-0.25, -0.2) is 0 Å². The van der Waals surface area contributed by atoms with Crippen molar-refractivity contribution in [1.29, 1.82) is 5.41 Å². The standard InChI is InChI=1S/C13H19N3O.CHF3O3S/c1-5-8-11-15(4)13(14)12(10(17)7-3)16(11)9-6-2;2-1(3,4)8(5,6)7/h5-7,11,14,17H,1-3,8-9H2,4H3;(H,5,6,7). The van der Waals surface area contributed by atoms with E-state index in [4.69, 9.17) is 18.4 Å². The van der Waals surface area contributed by atoms with Gasteiger partial charge in [-0.2, -0.15) is 21.6 Å². The Morgan fingerprint density at radius 1 is 1.32 bits per heavy atom. The Hall–Kier alpha value is -2.27. The molecule has 0 aromatic heterocycles. The van der Waals surface area contributed by atoms with Crippen LogP contribution in [-0.2, 0) is 10.1 Å². The number of halogens is 3. The molecule has 25 heavy (non-hydrogen) atoms. The van der Waals surface area contributed by atoms with Crippen LogP contribution in [-0.4, -0.2) is 59.0 Å². The van der Waals surface area contributed by atoms with E-state index >= 15 is 0 Å². The highest BCUT2D eigenvalue weighted by Gasteiger charge is 2.44. The number of aliphatic hydroxyl groups is 1. The van der Waals surface area contributed by atoms with Gasteiger partial charge in [-0.05, 0) is 6.08 Å². The normalized spacial score (nSPS) is 19.9. The van der Waals surface area contributed by atoms with Gasteiger partial charge >= 0.3 is 15.6 Å². The van der Waals surface area contributed by atoms with Crippen molar-refractivity contribution in [2.24, 2.45) is 0 Å². The maximum absolute atomic E-state index is 10.7. The van der Waals surface area contributed by atoms with Crippen LogP contribution in [0.25, 0.3) is 0 Å². The SMILES string of the molecule is C=CCC1N(C)C(=N)C(=C(O)C=C)N1CC=C.O=S(=O)(O)C(F)(F)F. The minimum atomic E-state index is -5.84. The van der Waals surface area contributed by atoms with Gasteiger partial charge in [-0.15, -0.1) is 13.2 Å². The molecular weight excluding hydrogens is 363 g/mol. The number of allylic oxidation sites excluding steroid dienone is 1. The van der Waals surface area contributed by atoms with Crippen LogP contribution in [0.15, 0.2) is 49.4 Å². The maximum atomic E-state index is 10.7. The monoisotopic (exact) mass is 383 g/mol. The lowest BCUT2D eigenvalue weighted by molar-refractivity contribution is -0.0510. The maximum Gasteiger partial charge on any atom is 0.522 e. The first-order valence-electron chi connectivity index (χ1n) is 6.73. The van der Waals surface area contributed by atoms with Crippen molar-refractivity contribution in [3.8, 4) is 0 Å². The third kappa shape index (κ3) is 5.64. The van der Waals surface area contributed by atoms with Crippen molar-refractivity contribution in [2.75, 3.05) is 13.6 Å². The summed E-state index contributed by atoms with van der Waals surface area (Å²) in [6.07, 6.45) is 5.61. The van der Waals surface area contributed by atoms with Gasteiger partial charge in [0.2, 0.25) is 0 Å². The van der Waals surface area contributed by atoms with Crippen LogP contribution >= 0.6 is 0 Å². The van der Waals surface area contributed by atoms with Crippen LogP contribution in [0.1, 0.15) is 6.42 Å². The minimum Gasteiger partial charge on any atom is -0.506 e. The largest absolute Gasteiger partial charge is 0.522 e. The molecule has 0 aliphatic carbocycles. The summed E-state index contributed by atoms with van der Waals surface area (Å²) in [6.45, 7) is 11.5. The fourth-order valence-corrected chi connectivity index (χ4v) is 1.96. The van der Waals surface area contributed by atoms with Crippen molar-refractivity contribution in [1.82, 2.24) is 9.80 Å². The third-order valence-corrected chi connectivity index (χ3v) is 3.69. The topological polar surface area (TPSA) is 105 Å². The van der Waals surface area contributed by atoms with E-state index in [1.807, 2.05) is 11.9 Å². The molecule has 0 radical (unpaired) electrons. The van der Waals surface area contributed by atoms with Gasteiger partial charge in [-0.1, -0.05) is 18.7 Å². The van der Waals surface area contributed by atoms with E-state index in [9.17, 15) is 18.3 Å². The number of aliphatic hydroxyl groups excluding tert-OH is 1. The van der Waals surface area contributed by atoms with E-state index in [-0.39, 0.29) is 17.8 Å². The molecule has 11 heteroatoms. The molecule has 142 valence electrons. The number of amidine groups is 1. The summed E-state index contributed by atoms with van der Waals surface area (Å²) < 4.78 is 57.5. The zero-order valence-corrected chi connectivity index (χ0v) is 14.3. The van der Waals surface area contributed by atoms with Gasteiger partial charge in [-0.3, -0.25) is 9.96 Å². The van der Waals surface area contributed by atoms with Gasteiger partial charge < -0.3 is 14.9 Å². The van der Waals surface area contributed by atoms with Crippen molar-refractivity contribution in [2.45, 2.75) is 18.1 Å². The van der Waals surface area contributed by atoms with Crippen LogP contribution in [0, 0.1) is 5.41 Å². The van der Waals surface area contributed by atoms with E-state index < -0.39 is 15.6 Å². The van der Waals surface area contributed by atoms with E-state index in [0.717, 1.165) is 0 Å². The first kappa shape index (κ1) is 22.7. The second kappa shape index (κ2) is 8.72. The fourth-order valence-electron chi connectivity index (χ4n) is 1.96. The number of hydrogen-bond donors (Lipinski definition) is 3. The van der Waals surface area contributed by atoms with Gasteiger partial charge in [0.15, 0.2) is 0 Å². The minimum absolute atomic E-state index is 0.00454. The smallest absolute Gasteiger partial charge is 0.506 e. The summed E-state index contributed by atoms with van der Waals surface area (Å²) in [4.78, 5) is 3.73. The molecule has 1 unspecified atom stereocenters. The number of likely N-dealkylation sites (N-methyl/N-ethyl adjacent to an activating group) is 1. The molecular formula is C14H20F3N3O4S. The quantitative estimate of drug-likeness (QED) is 0.292. The molecule has 3 N–H and O–H groups in total. The first-order chi connectivity index (χ1) is 11.3. The lowest BCUT2D eigenvalue weighted by atomic mass is 10.2. The Balaban J connectivity index is 0.000000609. The van der Waals surface area contributed by atoms with Gasteiger partial charge in [0.25, 0.3) is 0 Å². The molecule has 0 amide bonds. The van der Waals surface area contributed by atoms with Crippen LogP contribution in [0.3, 0.4) is 0 Å². The van der Waals surface area contributed by atoms with E-state index in [2.05, 4.69) is 19.7 Å². The fraction of sp³-hybridized carbons (Fsp3) is 0.357. The second-order valence-corrected chi connectivity index (χ2v) is 6.18. The summed E-state index contributed by atoms with van der Waals surface area (Å²) in [5.41, 5.74) is -5.04. The number of nitrogens with zero attached hydrogens (tertiary/aromatic N) is 2. The molecule has 1 aliphatic heterocycles. The molecule has 1 aliphatic rings. The Morgan fingerprint density at radius 3 is 2.12 bits per heavy atom. The number of alkyl halides is 3. The molecule has 1 rings (SSSR count). The number of hydrogen-bond acceptors (Lipinski definition) is 5. The summed E-state index contributed by atoms with van der Waals surface area (Å²) in [5, 5.41) is 17.8. The Kier molecular flexibility index (Phi) is 7.93. The average Bonchev–Trinajstić information content (AvgIpc) is 2.71. The molecule has 0 spiro atoms. The zero-order valence-electron chi connectivity index (χ0n) is 13.5. The Morgan fingerprint density at radius 2 is 1.80 bits per heavy atom. The van der Waals surface area contributed by atoms with Crippen molar-refractivity contribution in [3.63, 3.8) is 0 Å². The summed E-state index contributed by atoms with van der Waals surface area (Å²) in [7, 11) is -4.01. The van der Waals surface area contributed by atoms with Gasteiger partial charge in [0, 0.05) is 20.0 Å². The molecule has 7 nitrogen and oxygen atoms in total. The lowest BCUT2D eigenvalue weighted by Gasteiger charge is -2.27. The highest BCUT2D eigenvalue weighted by Crippen LogP contribution is 2.28. The second-order valence-electron chi connectivity index (χ2n) is 4.76. The van der Waals surface area contributed by atoms with Gasteiger partial charge in [0.05, 0.1) is 0 Å². The van der Waals surface area contributed by atoms with Crippen LogP contribution in [0.5, 0.6) is 0 Å². The van der Waals surface area contributed by atoms with Gasteiger partial charge in [0.1, 0.15) is 23.5 Å². The predicted molar refractivity (Wildman–Crippen MR) is 88.5 cm³/mol. The third-order valence-electron chi connectivity index (χ3n) is 3.10. The molecule has 1 fully saturated rings. The molecule has 0 bridgehead atoms. The van der Waals surface area contributed by atoms with Crippen molar-refractivity contribution in [3.05, 3.63) is 49.4 Å². The molecule has 0 aromatic rings. The van der Waals surface area contributed by atoms with Crippen LogP contribution in [0.4, 0.5) is 13.2 Å². The number of rotatable bonds is 5. The molecule has 1 heterocycles. The summed E-state index contributed by atoms with van der Waals surface area (Å²) >= 11 is 0. The average molecular weight is 383 g/mol. The highest BCUT2D eigenvalue weighted by atomic mass is 32.2. The lowest BCUT2D eigenvalue weighted by Crippen LogP contribution is -2.36. The van der Waals surface area contributed by atoms with E-state index in [1.54, 1.807) is 17.1 Å². The molecule has 0 aromatic carbocycles. The van der Waals surface area contributed by atoms with Crippen molar-refractivity contribution < 1.29 is 31.2 Å². The summed E-state index contributed by atoms with van der Waals surface area (Å²) in [5.74, 6) is 0.311. The first-order valence-corrected chi connectivity index (χ1v) is 8.17.